The van der Waals surface area contributed by atoms with E-state index in [0.29, 0.717) is 11.4 Å². The summed E-state index contributed by atoms with van der Waals surface area (Å²) in [7, 11) is 0. The average Bonchev–Trinajstić information content (AvgIpc) is 2.92. The molecule has 0 aliphatic heterocycles. The van der Waals surface area contributed by atoms with Crippen LogP contribution in [-0.4, -0.2) is 20.9 Å². The fraction of sp³-hybridized carbons (Fsp3) is 0.118. The average molecular weight is 331 g/mol. The third-order valence-electron chi connectivity index (χ3n) is 3.48. The molecule has 1 amide bonds. The summed E-state index contributed by atoms with van der Waals surface area (Å²) in [6, 6.07) is 14.7. The number of amides is 1. The zero-order valence-electron chi connectivity index (χ0n) is 13.8. The number of aromatic amines is 1. The summed E-state index contributed by atoms with van der Waals surface area (Å²) in [5, 5.41) is 9.09. The van der Waals surface area contributed by atoms with Gasteiger partial charge in [0.25, 0.3) is 5.91 Å². The molecule has 1 aromatic heterocycles. The molecule has 6 nitrogen and oxygen atoms in total. The second-order valence-corrected chi connectivity index (χ2v) is 5.36. The maximum Gasteiger partial charge on any atom is 1.00 e. The Morgan fingerprint density at radius 1 is 1.00 bits per heavy atom. The maximum absolute atomic E-state index is 12.3. The molecule has 0 radical (unpaired) electrons. The molecule has 3 rings (SSSR count). The number of rotatable bonds is 3. The van der Waals surface area contributed by atoms with Crippen molar-refractivity contribution < 1.29 is 34.4 Å². The van der Waals surface area contributed by atoms with Crippen LogP contribution in [0.2, 0.25) is 0 Å². The van der Waals surface area contributed by atoms with Crippen LogP contribution in [-0.2, 0) is 0 Å². The minimum Gasteiger partial charge on any atom is -0.320 e. The van der Waals surface area contributed by atoms with Crippen LogP contribution in [0.1, 0.15) is 21.6 Å². The van der Waals surface area contributed by atoms with Crippen LogP contribution in [0.3, 0.4) is 0 Å². The van der Waals surface area contributed by atoms with Crippen LogP contribution in [0.5, 0.6) is 0 Å². The largest absolute Gasteiger partial charge is 1.00 e. The topological polar surface area (TPSA) is 79.8 Å². The van der Waals surface area contributed by atoms with Crippen molar-refractivity contribution in [2.24, 2.45) is 0 Å². The van der Waals surface area contributed by atoms with Crippen LogP contribution < -0.4 is 40.4 Å². The number of hydrogen-bond acceptors (Lipinski definition) is 3. The van der Waals surface area contributed by atoms with E-state index in [9.17, 15) is 9.59 Å². The van der Waals surface area contributed by atoms with E-state index < -0.39 is 11.5 Å². The molecule has 3 aromatic rings. The Morgan fingerprint density at radius 2 is 1.54 bits per heavy atom. The molecule has 0 aliphatic rings. The second-order valence-electron chi connectivity index (χ2n) is 5.36. The van der Waals surface area contributed by atoms with Crippen LogP contribution in [0.25, 0.3) is 5.69 Å². The van der Waals surface area contributed by atoms with Crippen molar-refractivity contribution in [1.82, 2.24) is 15.0 Å². The molecule has 0 bridgehead atoms. The van der Waals surface area contributed by atoms with E-state index >= 15 is 0 Å². The second kappa shape index (κ2) is 7.61. The van der Waals surface area contributed by atoms with Crippen molar-refractivity contribution in [2.45, 2.75) is 13.8 Å². The van der Waals surface area contributed by atoms with Gasteiger partial charge in [-0.25, -0.2) is 9.90 Å². The molecule has 2 aromatic carbocycles. The first kappa shape index (κ1) is 18.2. The molecule has 0 unspecified atom stereocenters. The smallest absolute Gasteiger partial charge is 0.320 e. The van der Waals surface area contributed by atoms with Gasteiger partial charge in [0, 0.05) is 5.69 Å². The van der Waals surface area contributed by atoms with Crippen LogP contribution in [0.15, 0.2) is 53.3 Å². The van der Waals surface area contributed by atoms with E-state index in [1.165, 1.54) is 4.68 Å². The third-order valence-corrected chi connectivity index (χ3v) is 3.48. The molecule has 1 heterocycles. The van der Waals surface area contributed by atoms with Gasteiger partial charge in [-0.1, -0.05) is 35.4 Å². The predicted molar refractivity (Wildman–Crippen MR) is 88.1 cm³/mol. The van der Waals surface area contributed by atoms with Gasteiger partial charge < -0.3 is 5.32 Å². The number of hydrogen-bond donors (Lipinski definition) is 2. The molecule has 0 atom stereocenters. The van der Waals surface area contributed by atoms with Gasteiger partial charge in [0.2, 0.25) is 5.69 Å². The van der Waals surface area contributed by atoms with Crippen molar-refractivity contribution in [1.29, 1.82) is 0 Å². The number of benzene rings is 2. The first-order valence-corrected chi connectivity index (χ1v) is 7.17. The number of nitrogens with one attached hydrogen (secondary N) is 2. The summed E-state index contributed by atoms with van der Waals surface area (Å²) in [5.74, 6) is -0.541. The molecular weight excluding hydrogens is 315 g/mol. The molecule has 7 heteroatoms. The first-order chi connectivity index (χ1) is 11.0. The van der Waals surface area contributed by atoms with Crippen molar-refractivity contribution in [3.05, 3.63) is 75.7 Å². The SMILES string of the molecule is Cc1ccc(NC(=O)c2n[nH]n(-c3ccc(C)cc3)c2=O)cc1.[Na+]. The zero-order valence-corrected chi connectivity index (χ0v) is 15.8. The normalized spacial score (nSPS) is 10.1. The molecule has 2 N–H and O–H groups in total. The number of carbonyl (C=O) groups is 1. The van der Waals surface area contributed by atoms with Crippen molar-refractivity contribution >= 4 is 11.6 Å². The molecule has 0 fully saturated rings. The van der Waals surface area contributed by atoms with E-state index in [4.69, 9.17) is 0 Å². The monoisotopic (exact) mass is 331 g/mol. The standard InChI is InChI=1S/C17H16N4O2.Na/c1-11-3-7-13(8-4-11)18-16(22)15-17(23)21(20-19-15)14-9-5-12(2)6-10-14;/h3-10,20H,1-2H3,(H,18,22);/q;+1. The Kier molecular flexibility index (Phi) is 5.77. The quantitative estimate of drug-likeness (QED) is 0.631. The zero-order chi connectivity index (χ0) is 16.4. The van der Waals surface area contributed by atoms with Gasteiger partial charge in [0.15, 0.2) is 0 Å². The summed E-state index contributed by atoms with van der Waals surface area (Å²) in [6.45, 7) is 3.92. The van der Waals surface area contributed by atoms with Gasteiger partial charge in [0.1, 0.15) is 0 Å². The summed E-state index contributed by atoms with van der Waals surface area (Å²) >= 11 is 0. The van der Waals surface area contributed by atoms with E-state index in [1.807, 2.05) is 38.1 Å². The Morgan fingerprint density at radius 3 is 2.12 bits per heavy atom. The van der Waals surface area contributed by atoms with Gasteiger partial charge in [-0.05, 0) is 38.1 Å². The number of aromatic nitrogens is 3. The molecule has 0 saturated heterocycles. The van der Waals surface area contributed by atoms with E-state index in [0.717, 1.165) is 11.1 Å². The number of H-pyrrole nitrogens is 1. The third kappa shape index (κ3) is 3.84. The van der Waals surface area contributed by atoms with Crippen LogP contribution in [0, 0.1) is 13.8 Å². The van der Waals surface area contributed by atoms with Gasteiger partial charge in [-0.3, -0.25) is 9.59 Å². The van der Waals surface area contributed by atoms with Crippen LogP contribution >= 0.6 is 0 Å². The summed E-state index contributed by atoms with van der Waals surface area (Å²) in [5.41, 5.74) is 2.75. The van der Waals surface area contributed by atoms with Gasteiger partial charge >= 0.3 is 35.1 Å². The van der Waals surface area contributed by atoms with Gasteiger partial charge in [-0.2, -0.15) is 0 Å². The number of anilines is 1. The van der Waals surface area contributed by atoms with E-state index in [2.05, 4.69) is 15.6 Å². The minimum absolute atomic E-state index is 0. The maximum atomic E-state index is 12.3. The Labute approximate surface area is 161 Å². The van der Waals surface area contributed by atoms with Gasteiger partial charge in [-0.15, -0.1) is 5.10 Å². The minimum atomic E-state index is -0.541. The fourth-order valence-electron chi connectivity index (χ4n) is 2.14. The molecule has 0 saturated carbocycles. The van der Waals surface area contributed by atoms with Crippen LogP contribution in [0.4, 0.5) is 5.69 Å². The molecule has 0 spiro atoms. The molecule has 0 aliphatic carbocycles. The first-order valence-electron chi connectivity index (χ1n) is 7.17. The molecular formula is C17H16N4NaO2+. The molecule has 24 heavy (non-hydrogen) atoms. The number of aryl methyl sites for hydroxylation is 2. The van der Waals surface area contributed by atoms with Crippen molar-refractivity contribution in [3.8, 4) is 5.69 Å². The number of carbonyl (C=O) groups excluding carboxylic acids is 1. The van der Waals surface area contributed by atoms with Crippen molar-refractivity contribution in [2.75, 3.05) is 5.32 Å². The molecule has 116 valence electrons. The summed E-state index contributed by atoms with van der Waals surface area (Å²) < 4.78 is 1.24. The Balaban J connectivity index is 0.00000208. The fourth-order valence-corrected chi connectivity index (χ4v) is 2.14. The Hall–Kier alpha value is -2.15. The van der Waals surface area contributed by atoms with Gasteiger partial charge in [0.05, 0.1) is 5.69 Å². The summed E-state index contributed by atoms with van der Waals surface area (Å²) in [6.07, 6.45) is 0. The van der Waals surface area contributed by atoms with E-state index in [-0.39, 0.29) is 35.3 Å². The predicted octanol–water partition coefficient (Wildman–Crippen LogP) is -0.566. The number of nitrogens with zero attached hydrogens (tertiary/aromatic N) is 2. The Bertz CT molecular complexity index is 896. The van der Waals surface area contributed by atoms with Crippen molar-refractivity contribution in [3.63, 3.8) is 0 Å². The van der Waals surface area contributed by atoms with E-state index in [1.54, 1.807) is 24.3 Å². The summed E-state index contributed by atoms with van der Waals surface area (Å²) in [4.78, 5) is 24.6.